The molecule has 29 heavy (non-hydrogen) atoms. The first kappa shape index (κ1) is 20.1. The third-order valence-corrected chi connectivity index (χ3v) is 10.9. The second-order valence-corrected chi connectivity index (χ2v) is 13.2. The summed E-state index contributed by atoms with van der Waals surface area (Å²) in [7, 11) is -2.48. The lowest BCUT2D eigenvalue weighted by atomic mass is 10.1. The van der Waals surface area contributed by atoms with Crippen LogP contribution in [-0.4, -0.2) is 14.9 Å². The summed E-state index contributed by atoms with van der Waals surface area (Å²) in [5, 5.41) is 2.60. The number of benzene rings is 3. The molecule has 0 heterocycles. The zero-order valence-corrected chi connectivity index (χ0v) is 18.4. The first-order valence-electron chi connectivity index (χ1n) is 10.3. The standard InChI is InChI=1S/C26H28FOSi/c1-26(2,3)29(23-10-6-4-7-11-23,24-12-8-5-9-13-24)28-19-21-18-25(21)20-14-16-22(27)17-15-20/h4-17,21H,18-19H2,1-3H3/t21-/m0/s1. The van der Waals surface area contributed by atoms with Crippen LogP contribution in [0.15, 0.2) is 84.9 Å². The summed E-state index contributed by atoms with van der Waals surface area (Å²) >= 11 is 0. The van der Waals surface area contributed by atoms with Gasteiger partial charge in [-0.15, -0.1) is 0 Å². The first-order valence-corrected chi connectivity index (χ1v) is 12.2. The van der Waals surface area contributed by atoms with E-state index in [0.29, 0.717) is 12.5 Å². The molecule has 149 valence electrons. The van der Waals surface area contributed by atoms with Gasteiger partial charge in [0, 0.05) is 12.5 Å². The molecule has 0 spiro atoms. The number of hydrogen-bond acceptors (Lipinski definition) is 1. The smallest absolute Gasteiger partial charge is 0.261 e. The second-order valence-electron chi connectivity index (χ2n) is 8.91. The Morgan fingerprint density at radius 2 is 1.34 bits per heavy atom. The Morgan fingerprint density at radius 3 is 1.83 bits per heavy atom. The topological polar surface area (TPSA) is 9.23 Å². The molecule has 1 nitrogen and oxygen atoms in total. The molecule has 1 saturated carbocycles. The van der Waals surface area contributed by atoms with Crippen LogP contribution in [0.4, 0.5) is 4.39 Å². The van der Waals surface area contributed by atoms with E-state index < -0.39 is 8.32 Å². The van der Waals surface area contributed by atoms with Gasteiger partial charge in [0.2, 0.25) is 0 Å². The van der Waals surface area contributed by atoms with Gasteiger partial charge in [-0.1, -0.05) is 93.6 Å². The minimum Gasteiger partial charge on any atom is -0.407 e. The van der Waals surface area contributed by atoms with Crippen molar-refractivity contribution in [2.75, 3.05) is 6.61 Å². The van der Waals surface area contributed by atoms with Crippen molar-refractivity contribution in [3.05, 3.63) is 102 Å². The van der Waals surface area contributed by atoms with Crippen molar-refractivity contribution in [3.63, 3.8) is 0 Å². The Balaban J connectivity index is 1.64. The van der Waals surface area contributed by atoms with Gasteiger partial charge in [-0.2, -0.15) is 0 Å². The Morgan fingerprint density at radius 1 is 0.828 bits per heavy atom. The Kier molecular flexibility index (Phi) is 5.45. The average Bonchev–Trinajstić information content (AvgIpc) is 3.49. The normalized spacial score (nSPS) is 17.3. The molecule has 3 heteroatoms. The molecule has 3 aromatic carbocycles. The molecule has 1 aliphatic carbocycles. The van der Waals surface area contributed by atoms with Gasteiger partial charge in [0.05, 0.1) is 0 Å². The maximum atomic E-state index is 13.3. The lowest BCUT2D eigenvalue weighted by molar-refractivity contribution is 0.284. The van der Waals surface area contributed by atoms with Crippen LogP contribution >= 0.6 is 0 Å². The largest absolute Gasteiger partial charge is 0.407 e. The van der Waals surface area contributed by atoms with Gasteiger partial charge in [-0.3, -0.25) is 0 Å². The molecule has 0 saturated heterocycles. The molecule has 1 fully saturated rings. The predicted molar refractivity (Wildman–Crippen MR) is 120 cm³/mol. The fourth-order valence-electron chi connectivity index (χ4n) is 4.37. The van der Waals surface area contributed by atoms with Crippen LogP contribution in [0.2, 0.25) is 5.04 Å². The number of halogens is 1. The number of hydrogen-bond donors (Lipinski definition) is 0. The molecule has 1 radical (unpaired) electrons. The maximum absolute atomic E-state index is 13.3. The molecule has 0 amide bonds. The van der Waals surface area contributed by atoms with Crippen molar-refractivity contribution >= 4 is 18.7 Å². The maximum Gasteiger partial charge on any atom is 0.261 e. The van der Waals surface area contributed by atoms with E-state index in [0.717, 1.165) is 12.0 Å². The third-order valence-electron chi connectivity index (χ3n) is 5.93. The quantitative estimate of drug-likeness (QED) is 0.505. The lowest BCUT2D eigenvalue weighted by Crippen LogP contribution is -2.66. The lowest BCUT2D eigenvalue weighted by Gasteiger charge is -2.43. The zero-order chi connectivity index (χ0) is 20.5. The van der Waals surface area contributed by atoms with E-state index in [1.807, 2.05) is 12.1 Å². The van der Waals surface area contributed by atoms with Crippen molar-refractivity contribution in [1.29, 1.82) is 0 Å². The summed E-state index contributed by atoms with van der Waals surface area (Å²) in [6.07, 6.45) is 1.03. The summed E-state index contributed by atoms with van der Waals surface area (Å²) in [6.45, 7) is 7.62. The van der Waals surface area contributed by atoms with Crippen LogP contribution in [0.3, 0.4) is 0 Å². The molecule has 0 bridgehead atoms. The van der Waals surface area contributed by atoms with Gasteiger partial charge >= 0.3 is 0 Å². The van der Waals surface area contributed by atoms with Gasteiger partial charge in [-0.05, 0) is 45.4 Å². The third kappa shape index (κ3) is 3.94. The SMILES string of the molecule is CC(C)(C)[Si](OC[C@@H]1C[C]1c1ccc(F)cc1)(c1ccccc1)c1ccccc1. The highest BCUT2D eigenvalue weighted by Crippen LogP contribution is 2.47. The molecule has 4 rings (SSSR count). The Bertz CT molecular complexity index is 892. The van der Waals surface area contributed by atoms with E-state index >= 15 is 0 Å². The fourth-order valence-corrected chi connectivity index (χ4v) is 8.98. The van der Waals surface area contributed by atoms with E-state index in [-0.39, 0.29) is 10.9 Å². The highest BCUT2D eigenvalue weighted by atomic mass is 28.4. The summed E-state index contributed by atoms with van der Waals surface area (Å²) in [4.78, 5) is 0. The van der Waals surface area contributed by atoms with E-state index in [1.165, 1.54) is 16.3 Å². The molecule has 0 aromatic heterocycles. The van der Waals surface area contributed by atoms with E-state index in [1.54, 1.807) is 12.1 Å². The Labute approximate surface area is 174 Å². The molecule has 0 unspecified atom stereocenters. The second kappa shape index (κ2) is 7.89. The van der Waals surface area contributed by atoms with Crippen molar-refractivity contribution < 1.29 is 8.82 Å². The van der Waals surface area contributed by atoms with Crippen LogP contribution in [0.1, 0.15) is 32.8 Å². The van der Waals surface area contributed by atoms with Gasteiger partial charge < -0.3 is 4.43 Å². The molecular formula is C26H28FOSi. The van der Waals surface area contributed by atoms with Crippen LogP contribution in [0, 0.1) is 17.7 Å². The number of rotatable bonds is 6. The van der Waals surface area contributed by atoms with Gasteiger partial charge in [0.1, 0.15) is 5.82 Å². The van der Waals surface area contributed by atoms with Crippen LogP contribution in [-0.2, 0) is 4.43 Å². The summed E-state index contributed by atoms with van der Waals surface area (Å²) in [6, 6.07) is 28.3. The molecule has 0 aliphatic heterocycles. The van der Waals surface area contributed by atoms with Crippen LogP contribution in [0.5, 0.6) is 0 Å². The van der Waals surface area contributed by atoms with Gasteiger partial charge in [-0.25, -0.2) is 4.39 Å². The zero-order valence-electron chi connectivity index (χ0n) is 17.4. The van der Waals surface area contributed by atoms with Crippen molar-refractivity contribution in [3.8, 4) is 0 Å². The van der Waals surface area contributed by atoms with Crippen molar-refractivity contribution in [2.24, 2.45) is 5.92 Å². The molecule has 1 aliphatic rings. The van der Waals surface area contributed by atoms with Gasteiger partial charge in [0.15, 0.2) is 0 Å². The minimum atomic E-state index is -2.48. The molecule has 1 atom stereocenters. The molecular weight excluding hydrogens is 375 g/mol. The average molecular weight is 404 g/mol. The summed E-state index contributed by atoms with van der Waals surface area (Å²) in [5.41, 5.74) is 1.14. The van der Waals surface area contributed by atoms with E-state index in [4.69, 9.17) is 4.43 Å². The highest BCUT2D eigenvalue weighted by Gasteiger charge is 2.51. The molecule has 0 N–H and O–H groups in total. The van der Waals surface area contributed by atoms with Crippen molar-refractivity contribution in [1.82, 2.24) is 0 Å². The minimum absolute atomic E-state index is 0.0133. The van der Waals surface area contributed by atoms with E-state index in [9.17, 15) is 4.39 Å². The summed E-state index contributed by atoms with van der Waals surface area (Å²) < 4.78 is 20.3. The molecule has 3 aromatic rings. The fraction of sp³-hybridized carbons (Fsp3) is 0.269. The van der Waals surface area contributed by atoms with Gasteiger partial charge in [0.25, 0.3) is 8.32 Å². The Hall–Kier alpha value is -2.23. The van der Waals surface area contributed by atoms with Crippen LogP contribution < -0.4 is 10.4 Å². The first-order chi connectivity index (χ1) is 13.9. The van der Waals surface area contributed by atoms with E-state index in [2.05, 4.69) is 81.4 Å². The van der Waals surface area contributed by atoms with Crippen LogP contribution in [0.25, 0.3) is 0 Å². The predicted octanol–water partition coefficient (Wildman–Crippen LogP) is 5.34. The highest BCUT2D eigenvalue weighted by molar-refractivity contribution is 6.99. The van der Waals surface area contributed by atoms with Crippen molar-refractivity contribution in [2.45, 2.75) is 32.2 Å². The monoisotopic (exact) mass is 403 g/mol. The summed E-state index contributed by atoms with van der Waals surface area (Å²) in [5.74, 6) is 1.61.